The Morgan fingerprint density at radius 1 is 1.36 bits per heavy atom. The molecule has 1 aromatic heterocycles. The van der Waals surface area contributed by atoms with E-state index >= 15 is 0 Å². The molecule has 1 saturated carbocycles. The normalized spacial score (nSPS) is 21.5. The van der Waals surface area contributed by atoms with Gasteiger partial charge >= 0.3 is 5.97 Å². The third-order valence-corrected chi connectivity index (χ3v) is 5.92. The molecule has 1 amide bonds. The van der Waals surface area contributed by atoms with Gasteiger partial charge in [0.05, 0.1) is 19.4 Å². The van der Waals surface area contributed by atoms with Crippen molar-refractivity contribution in [2.75, 3.05) is 20.2 Å². The van der Waals surface area contributed by atoms with Crippen LogP contribution in [0.4, 0.5) is 0 Å². The summed E-state index contributed by atoms with van der Waals surface area (Å²) in [6, 6.07) is 5.79. The van der Waals surface area contributed by atoms with Crippen LogP contribution in [0, 0.1) is 11.3 Å². The van der Waals surface area contributed by atoms with Crippen molar-refractivity contribution in [2.45, 2.75) is 25.7 Å². The average Bonchev–Trinajstić information content (AvgIpc) is 3.18. The number of H-pyrrole nitrogens is 1. The number of likely N-dealkylation sites (tertiary alicyclic amines) is 1. The minimum Gasteiger partial charge on any atom is -0.497 e. The first-order valence-corrected chi connectivity index (χ1v) is 8.67. The second-order valence-corrected chi connectivity index (χ2v) is 7.24. The van der Waals surface area contributed by atoms with Crippen LogP contribution >= 0.6 is 0 Å². The van der Waals surface area contributed by atoms with E-state index < -0.39 is 5.97 Å². The molecule has 132 valence electrons. The number of amides is 1. The number of carboxylic acid groups (broad SMARTS) is 1. The number of fused-ring (bicyclic) bond motifs is 1. The van der Waals surface area contributed by atoms with E-state index in [2.05, 4.69) is 4.98 Å². The molecule has 2 fully saturated rings. The summed E-state index contributed by atoms with van der Waals surface area (Å²) in [7, 11) is 1.63. The van der Waals surface area contributed by atoms with Crippen molar-refractivity contribution >= 4 is 22.8 Å². The predicted molar refractivity (Wildman–Crippen MR) is 92.5 cm³/mol. The van der Waals surface area contributed by atoms with Gasteiger partial charge in [-0.05, 0) is 48.4 Å². The van der Waals surface area contributed by atoms with E-state index in [1.165, 1.54) is 0 Å². The molecule has 2 heterocycles. The van der Waals surface area contributed by atoms with E-state index in [0.717, 1.165) is 41.5 Å². The van der Waals surface area contributed by atoms with E-state index in [4.69, 9.17) is 9.84 Å². The molecule has 2 aromatic rings. The number of aliphatic carboxylic acids is 1. The van der Waals surface area contributed by atoms with Crippen molar-refractivity contribution in [3.8, 4) is 5.75 Å². The second kappa shape index (κ2) is 5.79. The van der Waals surface area contributed by atoms with Gasteiger partial charge in [0.2, 0.25) is 5.91 Å². The van der Waals surface area contributed by atoms with Crippen LogP contribution in [0.25, 0.3) is 10.9 Å². The first kappa shape index (κ1) is 16.0. The molecule has 2 N–H and O–H groups in total. The number of hydrogen-bond acceptors (Lipinski definition) is 3. The molecular weight excluding hydrogens is 320 g/mol. The number of aromatic amines is 1. The number of aromatic nitrogens is 1. The molecule has 1 aliphatic carbocycles. The highest BCUT2D eigenvalue weighted by molar-refractivity contribution is 5.89. The minimum atomic E-state index is -0.687. The van der Waals surface area contributed by atoms with Gasteiger partial charge in [0, 0.05) is 30.2 Å². The Morgan fingerprint density at radius 3 is 2.76 bits per heavy atom. The van der Waals surface area contributed by atoms with Crippen LogP contribution in [0.5, 0.6) is 5.75 Å². The van der Waals surface area contributed by atoms with Gasteiger partial charge in [-0.1, -0.05) is 0 Å². The molecule has 1 atom stereocenters. The lowest BCUT2D eigenvalue weighted by molar-refractivity contribution is -0.139. The molecule has 1 aliphatic heterocycles. The van der Waals surface area contributed by atoms with E-state index in [-0.39, 0.29) is 17.2 Å². The fraction of sp³-hybridized carbons (Fsp3) is 0.474. The maximum Gasteiger partial charge on any atom is 0.307 e. The summed E-state index contributed by atoms with van der Waals surface area (Å²) in [5.74, 6) is -0.0152. The standard InChI is InChI=1S/C19H22N2O4/c1-25-13-2-3-16-14(9-13)12(11-20-16)8-17(22)21-6-4-19(5-7-21)10-15(19)18(23)24/h2-3,9,11,15,20H,4-8,10H2,1H3,(H,23,24). The van der Waals surface area contributed by atoms with Crippen molar-refractivity contribution < 1.29 is 19.4 Å². The van der Waals surface area contributed by atoms with Gasteiger partial charge in [0.25, 0.3) is 0 Å². The number of hydrogen-bond donors (Lipinski definition) is 2. The summed E-state index contributed by atoms with van der Waals surface area (Å²) in [6.45, 7) is 1.32. The van der Waals surface area contributed by atoms with Crippen LogP contribution in [0.3, 0.4) is 0 Å². The third kappa shape index (κ3) is 2.75. The van der Waals surface area contributed by atoms with Gasteiger partial charge in [0.1, 0.15) is 5.75 Å². The summed E-state index contributed by atoms with van der Waals surface area (Å²) in [6.07, 6.45) is 4.61. The van der Waals surface area contributed by atoms with Crippen LogP contribution < -0.4 is 4.74 Å². The molecular formula is C19H22N2O4. The molecule has 0 radical (unpaired) electrons. The quantitative estimate of drug-likeness (QED) is 0.894. The topological polar surface area (TPSA) is 82.6 Å². The molecule has 6 heteroatoms. The number of carboxylic acids is 1. The highest BCUT2D eigenvalue weighted by Crippen LogP contribution is 2.59. The summed E-state index contributed by atoms with van der Waals surface area (Å²) >= 11 is 0. The SMILES string of the molecule is COc1ccc2[nH]cc(CC(=O)N3CCC4(CC3)CC4C(=O)O)c2c1. The smallest absolute Gasteiger partial charge is 0.307 e. The molecule has 1 unspecified atom stereocenters. The van der Waals surface area contributed by atoms with Gasteiger partial charge in [-0.3, -0.25) is 9.59 Å². The number of carbonyl (C=O) groups is 2. The van der Waals surface area contributed by atoms with Crippen LogP contribution in [-0.2, 0) is 16.0 Å². The summed E-state index contributed by atoms with van der Waals surface area (Å²) in [5, 5.41) is 10.2. The van der Waals surface area contributed by atoms with Crippen molar-refractivity contribution in [3.63, 3.8) is 0 Å². The van der Waals surface area contributed by atoms with E-state index in [1.54, 1.807) is 7.11 Å². The van der Waals surface area contributed by atoms with Crippen LogP contribution in [0.15, 0.2) is 24.4 Å². The van der Waals surface area contributed by atoms with Gasteiger partial charge in [0.15, 0.2) is 0 Å². The van der Waals surface area contributed by atoms with Crippen LogP contribution in [-0.4, -0.2) is 47.1 Å². The maximum absolute atomic E-state index is 12.7. The van der Waals surface area contributed by atoms with E-state index in [0.29, 0.717) is 19.5 Å². The first-order chi connectivity index (χ1) is 12.0. The Labute approximate surface area is 145 Å². The molecule has 2 aliphatic rings. The molecule has 1 saturated heterocycles. The number of nitrogens with zero attached hydrogens (tertiary/aromatic N) is 1. The molecule has 1 spiro atoms. The van der Waals surface area contributed by atoms with Crippen molar-refractivity contribution in [1.82, 2.24) is 9.88 Å². The second-order valence-electron chi connectivity index (χ2n) is 7.24. The number of nitrogens with one attached hydrogen (secondary N) is 1. The van der Waals surface area contributed by atoms with Crippen LogP contribution in [0.1, 0.15) is 24.8 Å². The summed E-state index contributed by atoms with van der Waals surface area (Å²) in [5.41, 5.74) is 1.91. The molecule has 25 heavy (non-hydrogen) atoms. The van der Waals surface area contributed by atoms with Gasteiger partial charge in [-0.2, -0.15) is 0 Å². The number of rotatable bonds is 4. The lowest BCUT2D eigenvalue weighted by Crippen LogP contribution is -2.40. The zero-order valence-electron chi connectivity index (χ0n) is 14.2. The Hall–Kier alpha value is -2.50. The van der Waals surface area contributed by atoms with Crippen molar-refractivity contribution in [1.29, 1.82) is 0 Å². The fourth-order valence-corrected chi connectivity index (χ4v) is 4.16. The van der Waals surface area contributed by atoms with Crippen molar-refractivity contribution in [2.24, 2.45) is 11.3 Å². The fourth-order valence-electron chi connectivity index (χ4n) is 4.16. The number of benzene rings is 1. The minimum absolute atomic E-state index is 0.0449. The third-order valence-electron chi connectivity index (χ3n) is 5.92. The Morgan fingerprint density at radius 2 is 2.12 bits per heavy atom. The molecule has 0 bridgehead atoms. The molecule has 6 nitrogen and oxygen atoms in total. The zero-order valence-corrected chi connectivity index (χ0v) is 14.2. The Bertz CT molecular complexity index is 833. The summed E-state index contributed by atoms with van der Waals surface area (Å²) in [4.78, 5) is 28.9. The maximum atomic E-state index is 12.7. The summed E-state index contributed by atoms with van der Waals surface area (Å²) < 4.78 is 5.27. The number of ether oxygens (including phenoxy) is 1. The zero-order chi connectivity index (χ0) is 17.6. The monoisotopic (exact) mass is 342 g/mol. The molecule has 1 aromatic carbocycles. The van der Waals surface area contributed by atoms with Crippen LogP contribution in [0.2, 0.25) is 0 Å². The van der Waals surface area contributed by atoms with E-state index in [9.17, 15) is 9.59 Å². The lowest BCUT2D eigenvalue weighted by atomic mass is 9.90. The highest BCUT2D eigenvalue weighted by Gasteiger charge is 2.59. The highest BCUT2D eigenvalue weighted by atomic mass is 16.5. The number of carbonyl (C=O) groups excluding carboxylic acids is 1. The average molecular weight is 342 g/mol. The van der Waals surface area contributed by atoms with Crippen molar-refractivity contribution in [3.05, 3.63) is 30.0 Å². The van der Waals surface area contributed by atoms with Gasteiger partial charge in [-0.25, -0.2) is 0 Å². The predicted octanol–water partition coefficient (Wildman–Crippen LogP) is 2.43. The van der Waals surface area contributed by atoms with E-state index in [1.807, 2.05) is 29.3 Å². The number of piperidine rings is 1. The van der Waals surface area contributed by atoms with Gasteiger partial charge < -0.3 is 19.7 Å². The molecule has 4 rings (SSSR count). The number of methoxy groups -OCH3 is 1. The Kier molecular flexibility index (Phi) is 3.71. The first-order valence-electron chi connectivity index (χ1n) is 8.67. The lowest BCUT2D eigenvalue weighted by Gasteiger charge is -2.32. The largest absolute Gasteiger partial charge is 0.497 e. The Balaban J connectivity index is 1.42. The van der Waals surface area contributed by atoms with Gasteiger partial charge in [-0.15, -0.1) is 0 Å².